The van der Waals surface area contributed by atoms with Gasteiger partial charge in [-0.1, -0.05) is 23.7 Å². The van der Waals surface area contributed by atoms with Crippen LogP contribution in [0.5, 0.6) is 5.75 Å². The first-order valence-corrected chi connectivity index (χ1v) is 6.40. The van der Waals surface area contributed by atoms with Crippen molar-refractivity contribution in [3.63, 3.8) is 0 Å². The molecule has 0 saturated carbocycles. The lowest BCUT2D eigenvalue weighted by atomic mass is 10.3. The van der Waals surface area contributed by atoms with E-state index >= 15 is 0 Å². The number of phenolic OH excluding ortho intramolecular Hbond substituents is 1. The molecule has 0 atom stereocenters. The third-order valence-corrected chi connectivity index (χ3v) is 1.17. The molecule has 1 N–H and O–H groups in total. The van der Waals surface area contributed by atoms with Crippen LogP contribution in [-0.4, -0.2) is 13.5 Å². The molecule has 0 radical (unpaired) electrons. The average Bonchev–Trinajstić information content (AvgIpc) is 1.92. The van der Waals surface area contributed by atoms with Crippen LogP contribution in [0.15, 0.2) is 24.3 Å². The number of hydrogen-bond donors (Lipinski definition) is 1. The Hall–Kier alpha value is -0.160. The summed E-state index contributed by atoms with van der Waals surface area (Å²) in [5, 5.41) is 9.18. The summed E-state index contributed by atoms with van der Waals surface area (Å²) in [4.78, 5) is 0. The highest BCUT2D eigenvalue weighted by molar-refractivity contribution is 8.31. The van der Waals surface area contributed by atoms with Crippen molar-refractivity contribution in [2.75, 3.05) is 0 Å². The maximum Gasteiger partial charge on any atom is 0.317 e. The lowest BCUT2D eigenvalue weighted by molar-refractivity contribution is 0.475. The molecular weight excluding hydrogens is 258 g/mol. The highest BCUT2D eigenvalue weighted by Gasteiger charge is 1.90. The van der Waals surface area contributed by atoms with Gasteiger partial charge in [0.2, 0.25) is 0 Å². The third kappa shape index (κ3) is 9.76. The lowest BCUT2D eigenvalue weighted by Crippen LogP contribution is -1.63. The second kappa shape index (κ2) is 5.54. The van der Waals surface area contributed by atoms with Crippen molar-refractivity contribution in [2.45, 2.75) is 0 Å². The zero-order chi connectivity index (χ0) is 10.5. The molecule has 3 nitrogen and oxygen atoms in total. The zero-order valence-corrected chi connectivity index (χ0v) is 9.20. The second-order valence-corrected chi connectivity index (χ2v) is 5.91. The van der Waals surface area contributed by atoms with Crippen molar-refractivity contribution in [1.29, 1.82) is 0 Å². The van der Waals surface area contributed by atoms with Gasteiger partial charge in [0.05, 0.1) is 5.02 Å². The van der Waals surface area contributed by atoms with Crippen LogP contribution in [0.3, 0.4) is 0 Å². The summed E-state index contributed by atoms with van der Waals surface area (Å²) < 4.78 is 18.3. The third-order valence-electron chi connectivity index (χ3n) is 0.852. The number of hydrogen-bond acceptors (Lipinski definition) is 3. The van der Waals surface area contributed by atoms with Crippen LogP contribution in [-0.2, 0) is 8.26 Å². The van der Waals surface area contributed by atoms with Gasteiger partial charge < -0.3 is 5.11 Å². The van der Waals surface area contributed by atoms with E-state index in [1.807, 2.05) is 0 Å². The fraction of sp³-hybridized carbons (Fsp3) is 0. The van der Waals surface area contributed by atoms with Gasteiger partial charge in [0.25, 0.3) is 0 Å². The van der Waals surface area contributed by atoms with Gasteiger partial charge in [0.15, 0.2) is 0 Å². The van der Waals surface area contributed by atoms with Crippen LogP contribution in [0.25, 0.3) is 0 Å². The minimum atomic E-state index is -3.72. The van der Waals surface area contributed by atoms with Gasteiger partial charge in [-0.3, -0.25) is 0 Å². The fourth-order valence-electron chi connectivity index (χ4n) is 0.452. The highest BCUT2D eigenvalue weighted by atomic mass is 36.0. The molecule has 0 spiro atoms. The number of rotatable bonds is 0. The minimum absolute atomic E-state index is 0.133. The van der Waals surface area contributed by atoms with E-state index in [1.54, 1.807) is 24.3 Å². The maximum atomic E-state index is 9.16. The van der Waals surface area contributed by atoms with E-state index < -0.39 is 8.26 Å². The molecule has 0 aliphatic heterocycles. The number of phenols is 1. The second-order valence-electron chi connectivity index (χ2n) is 1.83. The van der Waals surface area contributed by atoms with Gasteiger partial charge in [-0.05, 0) is 12.1 Å². The Kier molecular flexibility index (Phi) is 5.48. The van der Waals surface area contributed by atoms with Crippen molar-refractivity contribution in [1.82, 2.24) is 0 Å². The van der Waals surface area contributed by atoms with Crippen LogP contribution in [0.4, 0.5) is 0 Å². The Morgan fingerprint density at radius 2 is 1.54 bits per heavy atom. The van der Waals surface area contributed by atoms with Crippen molar-refractivity contribution < 1.29 is 13.5 Å². The molecule has 0 heterocycles. The van der Waals surface area contributed by atoms with Crippen LogP contribution >= 0.6 is 33.0 Å². The molecule has 1 aromatic rings. The van der Waals surface area contributed by atoms with Crippen molar-refractivity contribution in [2.24, 2.45) is 0 Å². The summed E-state index contributed by atoms with van der Waals surface area (Å²) in [6, 6.07) is 6.67. The molecule has 0 aliphatic carbocycles. The van der Waals surface area contributed by atoms with E-state index in [4.69, 9.17) is 25.1 Å². The molecule has 0 fully saturated rings. The van der Waals surface area contributed by atoms with E-state index in [-0.39, 0.29) is 5.75 Å². The molecular formula is C6H5Cl3O3S. The molecule has 0 bridgehead atoms. The maximum absolute atomic E-state index is 9.16. The van der Waals surface area contributed by atoms with Crippen LogP contribution in [0.1, 0.15) is 0 Å². The van der Waals surface area contributed by atoms with Gasteiger partial charge in [-0.2, -0.15) is 8.42 Å². The molecule has 7 heteroatoms. The van der Waals surface area contributed by atoms with Crippen molar-refractivity contribution in [3.8, 4) is 5.75 Å². The minimum Gasteiger partial charge on any atom is -0.506 e. The van der Waals surface area contributed by atoms with Crippen LogP contribution in [0, 0.1) is 0 Å². The Labute approximate surface area is 89.8 Å². The largest absolute Gasteiger partial charge is 0.506 e. The first kappa shape index (κ1) is 12.8. The SMILES string of the molecule is O=S(=O)(Cl)Cl.Oc1ccccc1Cl. The summed E-state index contributed by atoms with van der Waals surface area (Å²) in [7, 11) is 4.81. The summed E-state index contributed by atoms with van der Waals surface area (Å²) in [6.07, 6.45) is 0. The number of benzene rings is 1. The Morgan fingerprint density at radius 1 is 1.15 bits per heavy atom. The molecule has 1 aromatic carbocycles. The first-order valence-electron chi connectivity index (χ1n) is 2.88. The van der Waals surface area contributed by atoms with Gasteiger partial charge in [-0.15, -0.1) is 0 Å². The molecule has 0 saturated heterocycles. The molecule has 0 unspecified atom stereocenters. The molecule has 0 amide bonds. The van der Waals surface area contributed by atoms with Gasteiger partial charge >= 0.3 is 8.26 Å². The molecule has 0 aliphatic rings. The first-order chi connectivity index (χ1) is 5.80. The standard InChI is InChI=1S/C6H5ClO.Cl2O2S/c7-5-3-1-2-4-6(5)8;1-5(2,3)4/h1-4,8H;. The van der Waals surface area contributed by atoms with E-state index in [0.717, 1.165) is 0 Å². The fourth-order valence-corrected chi connectivity index (χ4v) is 0.587. The van der Waals surface area contributed by atoms with Gasteiger partial charge in [0, 0.05) is 21.4 Å². The number of aromatic hydroxyl groups is 1. The summed E-state index contributed by atoms with van der Waals surface area (Å²) >= 11 is 5.46. The summed E-state index contributed by atoms with van der Waals surface area (Å²) in [5.41, 5.74) is 0. The normalized spacial score (nSPS) is 10.1. The van der Waals surface area contributed by atoms with Crippen LogP contribution in [0.2, 0.25) is 5.02 Å². The summed E-state index contributed by atoms with van der Waals surface area (Å²) in [5.74, 6) is 0.133. The molecule has 13 heavy (non-hydrogen) atoms. The summed E-state index contributed by atoms with van der Waals surface area (Å²) in [6.45, 7) is 0. The average molecular weight is 264 g/mol. The van der Waals surface area contributed by atoms with Gasteiger partial charge in [-0.25, -0.2) is 0 Å². The van der Waals surface area contributed by atoms with Crippen molar-refractivity contribution in [3.05, 3.63) is 29.3 Å². The lowest BCUT2D eigenvalue weighted by Gasteiger charge is -1.89. The number of halogens is 3. The highest BCUT2D eigenvalue weighted by Crippen LogP contribution is 2.20. The Bertz CT molecular complexity index is 334. The van der Waals surface area contributed by atoms with Crippen molar-refractivity contribution >= 4 is 41.2 Å². The number of para-hydroxylation sites is 1. The van der Waals surface area contributed by atoms with E-state index in [1.165, 1.54) is 0 Å². The smallest absolute Gasteiger partial charge is 0.317 e. The topological polar surface area (TPSA) is 54.4 Å². The molecule has 1 rings (SSSR count). The quantitative estimate of drug-likeness (QED) is 0.732. The Balaban J connectivity index is 0.000000252. The molecule has 0 aromatic heterocycles. The zero-order valence-electron chi connectivity index (χ0n) is 6.12. The molecule has 74 valence electrons. The van der Waals surface area contributed by atoms with E-state index in [9.17, 15) is 0 Å². The van der Waals surface area contributed by atoms with E-state index in [0.29, 0.717) is 5.02 Å². The van der Waals surface area contributed by atoms with E-state index in [2.05, 4.69) is 21.4 Å². The Morgan fingerprint density at radius 3 is 1.77 bits per heavy atom. The van der Waals surface area contributed by atoms with Gasteiger partial charge in [0.1, 0.15) is 5.75 Å². The monoisotopic (exact) mass is 262 g/mol. The van der Waals surface area contributed by atoms with Crippen LogP contribution < -0.4 is 0 Å². The predicted octanol–water partition coefficient (Wildman–Crippen LogP) is 2.75. The predicted molar refractivity (Wildman–Crippen MR) is 53.7 cm³/mol.